The second-order valence-electron chi connectivity index (χ2n) is 3.29. The van der Waals surface area contributed by atoms with E-state index >= 15 is 0 Å². The van der Waals surface area contributed by atoms with Crippen LogP contribution in [-0.2, 0) is 9.59 Å². The van der Waals surface area contributed by atoms with Gasteiger partial charge in [0.15, 0.2) is 0 Å². The van der Waals surface area contributed by atoms with Crippen LogP contribution in [0.4, 0.5) is 0 Å². The van der Waals surface area contributed by atoms with Crippen molar-refractivity contribution in [3.05, 3.63) is 0 Å². The second-order valence-corrected chi connectivity index (χ2v) is 3.29. The lowest BCUT2D eigenvalue weighted by molar-refractivity contribution is -0.153. The Labute approximate surface area is 76.7 Å². The molecular weight excluding hydrogens is 172 g/mol. The van der Waals surface area contributed by atoms with E-state index in [4.69, 9.17) is 5.11 Å². The number of carboxylic acids is 1. The molecule has 0 aromatic heterocycles. The average molecular weight is 186 g/mol. The summed E-state index contributed by atoms with van der Waals surface area (Å²) in [4.78, 5) is 23.4. The quantitative estimate of drug-likeness (QED) is 0.601. The lowest BCUT2D eigenvalue weighted by Gasteiger charge is -2.38. The average Bonchev–Trinajstić information content (AvgIpc) is 1.99. The fourth-order valence-electron chi connectivity index (χ4n) is 1.21. The second kappa shape index (κ2) is 3.74. The third-order valence-electron chi connectivity index (χ3n) is 2.35. The number of rotatable bonds is 3. The summed E-state index contributed by atoms with van der Waals surface area (Å²) in [6, 6.07) is -0.227. The minimum Gasteiger partial charge on any atom is -0.481 e. The summed E-state index contributed by atoms with van der Waals surface area (Å²) in [7, 11) is 1.71. The van der Waals surface area contributed by atoms with Crippen molar-refractivity contribution < 1.29 is 14.7 Å². The summed E-state index contributed by atoms with van der Waals surface area (Å²) in [5, 5.41) is 11.4. The van der Waals surface area contributed by atoms with Crippen LogP contribution in [0, 0.1) is 5.92 Å². The minimum absolute atomic E-state index is 0.0278. The van der Waals surface area contributed by atoms with Crippen LogP contribution in [0.15, 0.2) is 0 Å². The highest BCUT2D eigenvalue weighted by molar-refractivity contribution is 5.84. The van der Waals surface area contributed by atoms with Gasteiger partial charge in [0.1, 0.15) is 0 Å². The van der Waals surface area contributed by atoms with E-state index in [1.165, 1.54) is 0 Å². The predicted molar refractivity (Wildman–Crippen MR) is 46.2 cm³/mol. The van der Waals surface area contributed by atoms with Crippen molar-refractivity contribution in [1.82, 2.24) is 10.2 Å². The molecule has 0 radical (unpaired) electrons. The molecule has 1 fully saturated rings. The number of carbonyl (C=O) groups excluding carboxylic acids is 1. The van der Waals surface area contributed by atoms with Gasteiger partial charge in [-0.05, 0) is 14.0 Å². The molecule has 5 heteroatoms. The molecule has 0 aromatic carbocycles. The van der Waals surface area contributed by atoms with E-state index in [2.05, 4.69) is 5.32 Å². The van der Waals surface area contributed by atoms with E-state index in [9.17, 15) is 9.59 Å². The molecule has 5 nitrogen and oxygen atoms in total. The minimum atomic E-state index is -0.818. The first-order valence-electron chi connectivity index (χ1n) is 4.25. The number of nitrogens with one attached hydrogen (secondary N) is 1. The van der Waals surface area contributed by atoms with Crippen molar-refractivity contribution in [3.8, 4) is 0 Å². The first-order chi connectivity index (χ1) is 6.06. The van der Waals surface area contributed by atoms with Gasteiger partial charge in [0.05, 0.1) is 12.0 Å². The molecule has 1 aliphatic rings. The molecule has 0 aromatic rings. The van der Waals surface area contributed by atoms with Crippen molar-refractivity contribution in [2.24, 2.45) is 5.92 Å². The Bertz CT molecular complexity index is 223. The molecule has 0 bridgehead atoms. The van der Waals surface area contributed by atoms with Gasteiger partial charge in [-0.25, -0.2) is 0 Å². The maximum absolute atomic E-state index is 11.4. The van der Waals surface area contributed by atoms with Gasteiger partial charge in [0, 0.05) is 13.1 Å². The summed E-state index contributed by atoms with van der Waals surface area (Å²) in [5.74, 6) is -1.21. The van der Waals surface area contributed by atoms with Gasteiger partial charge in [-0.3, -0.25) is 9.59 Å². The van der Waals surface area contributed by atoms with Crippen molar-refractivity contribution >= 4 is 11.9 Å². The lowest BCUT2D eigenvalue weighted by atomic mass is 9.99. The zero-order chi connectivity index (χ0) is 10.0. The van der Waals surface area contributed by atoms with Crippen molar-refractivity contribution in [1.29, 1.82) is 0 Å². The van der Waals surface area contributed by atoms with Crippen LogP contribution in [0.1, 0.15) is 6.92 Å². The normalized spacial score (nSPS) is 19.4. The number of aliphatic carboxylic acids is 1. The SMILES string of the molecule is CNC(C)C(=O)N1CC(C(=O)O)C1. The smallest absolute Gasteiger partial charge is 0.310 e. The molecule has 13 heavy (non-hydrogen) atoms. The fourth-order valence-corrected chi connectivity index (χ4v) is 1.21. The van der Waals surface area contributed by atoms with E-state index in [-0.39, 0.29) is 17.9 Å². The van der Waals surface area contributed by atoms with Gasteiger partial charge in [0.25, 0.3) is 0 Å². The molecular formula is C8H14N2O3. The third kappa shape index (κ3) is 1.98. The molecule has 74 valence electrons. The molecule has 0 spiro atoms. The van der Waals surface area contributed by atoms with Crippen LogP contribution in [-0.4, -0.2) is 48.1 Å². The van der Waals surface area contributed by atoms with E-state index in [0.29, 0.717) is 13.1 Å². The highest BCUT2D eigenvalue weighted by atomic mass is 16.4. The van der Waals surface area contributed by atoms with Crippen LogP contribution < -0.4 is 5.32 Å². The Balaban J connectivity index is 2.35. The lowest BCUT2D eigenvalue weighted by Crippen LogP contribution is -2.57. The fraction of sp³-hybridized carbons (Fsp3) is 0.750. The Morgan fingerprint density at radius 1 is 1.54 bits per heavy atom. The van der Waals surface area contributed by atoms with Crippen molar-refractivity contribution in [2.75, 3.05) is 20.1 Å². The highest BCUT2D eigenvalue weighted by Gasteiger charge is 2.36. The van der Waals surface area contributed by atoms with Crippen LogP contribution in [0.2, 0.25) is 0 Å². The van der Waals surface area contributed by atoms with Gasteiger partial charge in [-0.15, -0.1) is 0 Å². The number of hydrogen-bond acceptors (Lipinski definition) is 3. The molecule has 1 rings (SSSR count). The number of carboxylic acid groups (broad SMARTS) is 1. The topological polar surface area (TPSA) is 69.6 Å². The standard InChI is InChI=1S/C8H14N2O3/c1-5(9-2)7(11)10-3-6(4-10)8(12)13/h5-6,9H,3-4H2,1-2H3,(H,12,13). The van der Waals surface area contributed by atoms with Crippen LogP contribution >= 0.6 is 0 Å². The van der Waals surface area contributed by atoms with Gasteiger partial charge in [-0.1, -0.05) is 0 Å². The molecule has 0 saturated carbocycles. The highest BCUT2D eigenvalue weighted by Crippen LogP contribution is 2.16. The Kier molecular flexibility index (Phi) is 2.87. The van der Waals surface area contributed by atoms with Gasteiger partial charge < -0.3 is 15.3 Å². The van der Waals surface area contributed by atoms with Crippen molar-refractivity contribution in [3.63, 3.8) is 0 Å². The van der Waals surface area contributed by atoms with Gasteiger partial charge in [0.2, 0.25) is 5.91 Å². The number of likely N-dealkylation sites (tertiary alicyclic amines) is 1. The first-order valence-corrected chi connectivity index (χ1v) is 4.25. The largest absolute Gasteiger partial charge is 0.481 e. The number of amides is 1. The molecule has 1 heterocycles. The zero-order valence-corrected chi connectivity index (χ0v) is 7.78. The molecule has 0 aliphatic carbocycles. The summed E-state index contributed by atoms with van der Waals surface area (Å²) in [6.45, 7) is 2.46. The predicted octanol–water partition coefficient (Wildman–Crippen LogP) is -0.863. The van der Waals surface area contributed by atoms with E-state index in [0.717, 1.165) is 0 Å². The maximum atomic E-state index is 11.4. The van der Waals surface area contributed by atoms with E-state index < -0.39 is 5.97 Å². The third-order valence-corrected chi connectivity index (χ3v) is 2.35. The summed E-state index contributed by atoms with van der Waals surface area (Å²) in [5.41, 5.74) is 0. The Morgan fingerprint density at radius 3 is 2.46 bits per heavy atom. The molecule has 2 N–H and O–H groups in total. The Morgan fingerprint density at radius 2 is 2.08 bits per heavy atom. The number of carbonyl (C=O) groups is 2. The zero-order valence-electron chi connectivity index (χ0n) is 7.78. The monoisotopic (exact) mass is 186 g/mol. The molecule has 1 aliphatic heterocycles. The Hall–Kier alpha value is -1.10. The van der Waals surface area contributed by atoms with Crippen molar-refractivity contribution in [2.45, 2.75) is 13.0 Å². The molecule has 1 amide bonds. The summed E-state index contributed by atoms with van der Waals surface area (Å²) < 4.78 is 0. The maximum Gasteiger partial charge on any atom is 0.310 e. The van der Waals surface area contributed by atoms with E-state index in [1.807, 2.05) is 0 Å². The van der Waals surface area contributed by atoms with Gasteiger partial charge >= 0.3 is 5.97 Å². The molecule has 1 unspecified atom stereocenters. The number of likely N-dealkylation sites (N-methyl/N-ethyl adjacent to an activating group) is 1. The summed E-state index contributed by atoms with van der Waals surface area (Å²) in [6.07, 6.45) is 0. The summed E-state index contributed by atoms with van der Waals surface area (Å²) >= 11 is 0. The number of hydrogen-bond donors (Lipinski definition) is 2. The van der Waals surface area contributed by atoms with Crippen LogP contribution in [0.25, 0.3) is 0 Å². The molecule has 1 atom stereocenters. The first kappa shape index (κ1) is 9.98. The molecule has 1 saturated heterocycles. The van der Waals surface area contributed by atoms with Crippen LogP contribution in [0.3, 0.4) is 0 Å². The van der Waals surface area contributed by atoms with E-state index in [1.54, 1.807) is 18.9 Å². The van der Waals surface area contributed by atoms with Gasteiger partial charge in [-0.2, -0.15) is 0 Å². The number of nitrogens with zero attached hydrogens (tertiary/aromatic N) is 1. The van der Waals surface area contributed by atoms with Crippen LogP contribution in [0.5, 0.6) is 0 Å².